The van der Waals surface area contributed by atoms with E-state index < -0.39 is 42.0 Å². The lowest BCUT2D eigenvalue weighted by atomic mass is 10.1. The van der Waals surface area contributed by atoms with Gasteiger partial charge in [0.2, 0.25) is 0 Å². The van der Waals surface area contributed by atoms with Crippen LogP contribution in [-0.4, -0.2) is 43.0 Å². The van der Waals surface area contributed by atoms with E-state index >= 15 is 0 Å². The molecule has 30 heavy (non-hydrogen) atoms. The Kier molecular flexibility index (Phi) is 5.37. The molecule has 0 saturated heterocycles. The van der Waals surface area contributed by atoms with Crippen molar-refractivity contribution >= 4 is 53.7 Å². The van der Waals surface area contributed by atoms with Crippen LogP contribution in [0.25, 0.3) is 10.8 Å². The van der Waals surface area contributed by atoms with Gasteiger partial charge in [-0.3, -0.25) is 4.55 Å². The molecule has 0 atom stereocenters. The molecule has 3 aromatic rings. The maximum Gasteiger partial charge on any atom is 0.296 e. The summed E-state index contributed by atoms with van der Waals surface area (Å²) in [6.07, 6.45) is 0.872. The van der Waals surface area contributed by atoms with Crippen molar-refractivity contribution in [2.75, 3.05) is 6.26 Å². The van der Waals surface area contributed by atoms with Gasteiger partial charge >= 0.3 is 0 Å². The Morgan fingerprint density at radius 1 is 0.900 bits per heavy atom. The zero-order chi connectivity index (χ0) is 22.4. The molecule has 0 amide bonds. The fourth-order valence-electron chi connectivity index (χ4n) is 2.63. The molecule has 3 rings (SSSR count). The summed E-state index contributed by atoms with van der Waals surface area (Å²) >= 11 is 5.80. The van der Waals surface area contributed by atoms with Crippen molar-refractivity contribution in [3.05, 3.63) is 41.4 Å². The fourth-order valence-corrected chi connectivity index (χ4v) is 4.12. The molecular weight excluding hydrogens is 460 g/mol. The largest absolute Gasteiger partial charge is 0.507 e. The predicted molar refractivity (Wildman–Crippen MR) is 107 cm³/mol. The highest BCUT2D eigenvalue weighted by Gasteiger charge is 2.25. The monoisotopic (exact) mass is 472 g/mol. The van der Waals surface area contributed by atoms with Crippen molar-refractivity contribution in [3.63, 3.8) is 0 Å². The molecule has 10 nitrogen and oxygen atoms in total. The lowest BCUT2D eigenvalue weighted by Gasteiger charge is -2.11. The molecule has 0 aliphatic rings. The summed E-state index contributed by atoms with van der Waals surface area (Å²) in [4.78, 5) is -1.24. The molecule has 0 aliphatic carbocycles. The quantitative estimate of drug-likeness (QED) is 0.328. The Labute approximate surface area is 175 Å². The normalized spacial score (nSPS) is 12.6. The number of hydrogen-bond donors (Lipinski definition) is 4. The van der Waals surface area contributed by atoms with E-state index in [0.717, 1.165) is 24.5 Å². The molecule has 0 radical (unpaired) electrons. The highest BCUT2D eigenvalue weighted by atomic mass is 35.5. The standard InChI is InChI=1S/C17H13ClN2O8S2/c1-29(24,25)10-4-8-5-14(30(26,27)28)16(17(23)15(8)13(22)7-10)20-19-11-6-9(18)2-3-12(11)21/h2-7,21-23H,1H3,(H,26,27,28). The lowest BCUT2D eigenvalue weighted by Crippen LogP contribution is -2.00. The van der Waals surface area contributed by atoms with Gasteiger partial charge in [-0.15, -0.1) is 10.2 Å². The number of aromatic hydroxyl groups is 3. The van der Waals surface area contributed by atoms with Gasteiger partial charge in [0.05, 0.1) is 10.3 Å². The first kappa shape index (κ1) is 21.8. The second kappa shape index (κ2) is 7.40. The van der Waals surface area contributed by atoms with Crippen molar-refractivity contribution in [3.8, 4) is 17.2 Å². The Hall–Kier alpha value is -2.93. The van der Waals surface area contributed by atoms with Crippen LogP contribution in [0.5, 0.6) is 17.2 Å². The number of hydrogen-bond acceptors (Lipinski definition) is 9. The summed E-state index contributed by atoms with van der Waals surface area (Å²) in [5.74, 6) is -1.91. The first-order valence-corrected chi connectivity index (χ1v) is 11.6. The first-order chi connectivity index (χ1) is 13.8. The molecule has 4 N–H and O–H groups in total. The van der Waals surface area contributed by atoms with E-state index in [0.29, 0.717) is 0 Å². The lowest BCUT2D eigenvalue weighted by molar-refractivity contribution is 0.459. The van der Waals surface area contributed by atoms with E-state index in [4.69, 9.17) is 11.6 Å². The van der Waals surface area contributed by atoms with Gasteiger partial charge in [-0.1, -0.05) is 11.6 Å². The number of halogens is 1. The van der Waals surface area contributed by atoms with Gasteiger partial charge in [0.15, 0.2) is 15.6 Å². The minimum atomic E-state index is -4.96. The van der Waals surface area contributed by atoms with Gasteiger partial charge in [0, 0.05) is 11.3 Å². The average Bonchev–Trinajstić information content (AvgIpc) is 2.61. The van der Waals surface area contributed by atoms with Gasteiger partial charge < -0.3 is 15.3 Å². The fraction of sp³-hybridized carbons (Fsp3) is 0.0588. The van der Waals surface area contributed by atoms with E-state index in [1.807, 2.05) is 0 Å². The summed E-state index contributed by atoms with van der Waals surface area (Å²) in [6, 6.07) is 6.49. The van der Waals surface area contributed by atoms with Crippen LogP contribution in [0.15, 0.2) is 56.4 Å². The highest BCUT2D eigenvalue weighted by Crippen LogP contribution is 2.45. The van der Waals surface area contributed by atoms with Gasteiger partial charge in [-0.05, 0) is 41.8 Å². The van der Waals surface area contributed by atoms with Crippen molar-refractivity contribution in [2.45, 2.75) is 9.79 Å². The van der Waals surface area contributed by atoms with Crippen LogP contribution in [0.1, 0.15) is 0 Å². The van der Waals surface area contributed by atoms with Gasteiger partial charge in [-0.25, -0.2) is 8.42 Å². The summed E-state index contributed by atoms with van der Waals surface area (Å²) in [5, 5.41) is 37.5. The molecule has 0 spiro atoms. The second-order valence-electron chi connectivity index (χ2n) is 6.19. The molecule has 0 fully saturated rings. The van der Waals surface area contributed by atoms with Crippen molar-refractivity contribution in [1.29, 1.82) is 0 Å². The third-order valence-electron chi connectivity index (χ3n) is 4.00. The van der Waals surface area contributed by atoms with Crippen LogP contribution in [0, 0.1) is 0 Å². The SMILES string of the molecule is CS(=O)(=O)c1cc(O)c2c(O)c(N=Nc3cc(Cl)ccc3O)c(S(=O)(=O)O)cc2c1. The van der Waals surface area contributed by atoms with Crippen LogP contribution >= 0.6 is 11.6 Å². The number of azo groups is 1. The van der Waals surface area contributed by atoms with Crippen molar-refractivity contribution < 1.29 is 36.7 Å². The molecule has 13 heteroatoms. The summed E-state index contributed by atoms with van der Waals surface area (Å²) < 4.78 is 56.8. The van der Waals surface area contributed by atoms with Gasteiger partial charge in [0.1, 0.15) is 27.8 Å². The van der Waals surface area contributed by atoms with Gasteiger partial charge in [0.25, 0.3) is 10.1 Å². The highest BCUT2D eigenvalue weighted by molar-refractivity contribution is 7.90. The second-order valence-corrected chi connectivity index (χ2v) is 10.0. The molecule has 0 bridgehead atoms. The third kappa shape index (κ3) is 4.16. The Bertz CT molecular complexity index is 1430. The number of sulfone groups is 1. The van der Waals surface area contributed by atoms with Crippen LogP contribution in [0.3, 0.4) is 0 Å². The topological polar surface area (TPSA) is 174 Å². The molecule has 3 aromatic carbocycles. The van der Waals surface area contributed by atoms with E-state index in [1.165, 1.54) is 18.2 Å². The molecule has 0 heterocycles. The zero-order valence-corrected chi connectivity index (χ0v) is 17.4. The number of benzene rings is 3. The van der Waals surface area contributed by atoms with Gasteiger partial charge in [-0.2, -0.15) is 8.42 Å². The van der Waals surface area contributed by atoms with Crippen LogP contribution in [-0.2, 0) is 20.0 Å². The average molecular weight is 473 g/mol. The van der Waals surface area contributed by atoms with E-state index in [-0.39, 0.29) is 32.1 Å². The molecule has 0 aliphatic heterocycles. The minimum absolute atomic E-state index is 0.167. The van der Waals surface area contributed by atoms with E-state index in [1.54, 1.807) is 0 Å². The molecule has 0 saturated carbocycles. The maximum absolute atomic E-state index is 11.8. The number of rotatable bonds is 4. The van der Waals surface area contributed by atoms with Crippen LogP contribution in [0.2, 0.25) is 5.02 Å². The number of nitrogens with zero attached hydrogens (tertiary/aromatic N) is 2. The maximum atomic E-state index is 11.8. The minimum Gasteiger partial charge on any atom is -0.507 e. The molecule has 158 valence electrons. The molecule has 0 aromatic heterocycles. The van der Waals surface area contributed by atoms with Crippen molar-refractivity contribution in [2.24, 2.45) is 10.2 Å². The molecular formula is C17H13ClN2O8S2. The van der Waals surface area contributed by atoms with E-state index in [2.05, 4.69) is 10.2 Å². The number of phenols is 3. The zero-order valence-electron chi connectivity index (χ0n) is 15.0. The molecule has 0 unspecified atom stereocenters. The summed E-state index contributed by atoms with van der Waals surface area (Å²) in [5.41, 5.74) is -0.910. The Balaban J connectivity index is 2.36. The van der Waals surface area contributed by atoms with Crippen LogP contribution in [0.4, 0.5) is 11.4 Å². The van der Waals surface area contributed by atoms with Crippen molar-refractivity contribution in [1.82, 2.24) is 0 Å². The van der Waals surface area contributed by atoms with E-state index in [9.17, 15) is 36.7 Å². The smallest absolute Gasteiger partial charge is 0.296 e. The summed E-state index contributed by atoms with van der Waals surface area (Å²) in [7, 11) is -8.74. The number of phenolic OH excluding ortho intramolecular Hbond substituents is 3. The Morgan fingerprint density at radius 3 is 2.17 bits per heavy atom. The Morgan fingerprint density at radius 2 is 1.57 bits per heavy atom. The van der Waals surface area contributed by atoms with Crippen LogP contribution < -0.4 is 0 Å². The first-order valence-electron chi connectivity index (χ1n) is 7.89. The number of fused-ring (bicyclic) bond motifs is 1. The third-order valence-corrected chi connectivity index (χ3v) is 6.20. The summed E-state index contributed by atoms with van der Waals surface area (Å²) in [6.45, 7) is 0. The predicted octanol–water partition coefficient (Wildman–Crippen LogP) is 3.68.